The van der Waals surface area contributed by atoms with E-state index in [2.05, 4.69) is 10.2 Å². The van der Waals surface area contributed by atoms with Crippen LogP contribution in [0.4, 0.5) is 0 Å². The molecule has 0 aliphatic carbocycles. The van der Waals surface area contributed by atoms with Gasteiger partial charge in [-0.1, -0.05) is 18.2 Å². The monoisotopic (exact) mass is 190 g/mol. The van der Waals surface area contributed by atoms with Gasteiger partial charge in [0, 0.05) is 12.5 Å². The molecule has 4 nitrogen and oxygen atoms in total. The molecule has 0 amide bonds. The maximum Gasteiger partial charge on any atom is 0.272 e. The smallest absolute Gasteiger partial charge is 0.272 e. The Morgan fingerprint density at radius 2 is 2.07 bits per heavy atom. The number of aromatic amines is 1. The van der Waals surface area contributed by atoms with Crippen LogP contribution in [-0.2, 0) is 11.3 Å². The van der Waals surface area contributed by atoms with Crippen LogP contribution in [-0.4, -0.2) is 17.3 Å². The zero-order valence-electron chi connectivity index (χ0n) is 7.78. The third kappa shape index (κ3) is 1.40. The van der Waals surface area contributed by atoms with Crippen molar-refractivity contribution >= 4 is 10.8 Å². The minimum atomic E-state index is -0.166. The first-order valence-corrected chi connectivity index (χ1v) is 4.28. The van der Waals surface area contributed by atoms with E-state index in [9.17, 15) is 4.79 Å². The highest BCUT2D eigenvalue weighted by molar-refractivity contribution is 5.83. The number of H-pyrrole nitrogens is 1. The van der Waals surface area contributed by atoms with Gasteiger partial charge < -0.3 is 4.74 Å². The Balaban J connectivity index is 2.75. The fourth-order valence-electron chi connectivity index (χ4n) is 1.42. The average Bonchev–Trinajstić information content (AvgIpc) is 2.23. The number of benzene rings is 1. The molecular weight excluding hydrogens is 180 g/mol. The number of nitrogens with zero attached hydrogens (tertiary/aromatic N) is 1. The minimum absolute atomic E-state index is 0.166. The van der Waals surface area contributed by atoms with E-state index < -0.39 is 0 Å². The second-order valence-corrected chi connectivity index (χ2v) is 2.98. The Kier molecular flexibility index (Phi) is 2.28. The summed E-state index contributed by atoms with van der Waals surface area (Å²) in [6.45, 7) is 0.400. The van der Waals surface area contributed by atoms with Crippen molar-refractivity contribution in [3.8, 4) is 0 Å². The summed E-state index contributed by atoms with van der Waals surface area (Å²) in [6.07, 6.45) is 0. The average molecular weight is 190 g/mol. The molecule has 0 fully saturated rings. The van der Waals surface area contributed by atoms with Crippen LogP contribution in [0.3, 0.4) is 0 Å². The van der Waals surface area contributed by atoms with Gasteiger partial charge in [0.2, 0.25) is 0 Å². The van der Waals surface area contributed by atoms with Gasteiger partial charge in [0.25, 0.3) is 5.56 Å². The molecule has 0 aliphatic rings. The predicted octanol–water partition coefficient (Wildman–Crippen LogP) is 1.07. The van der Waals surface area contributed by atoms with Crippen LogP contribution in [0, 0.1) is 0 Å². The van der Waals surface area contributed by atoms with Crippen LogP contribution in [0.1, 0.15) is 5.69 Å². The molecule has 4 heteroatoms. The first kappa shape index (κ1) is 8.90. The number of rotatable bonds is 2. The van der Waals surface area contributed by atoms with Crippen molar-refractivity contribution in [2.24, 2.45) is 0 Å². The van der Waals surface area contributed by atoms with Gasteiger partial charge >= 0.3 is 0 Å². The molecule has 72 valence electrons. The molecule has 1 N–H and O–H groups in total. The molecule has 1 aromatic heterocycles. The molecule has 0 saturated heterocycles. The third-order valence-corrected chi connectivity index (χ3v) is 2.06. The number of aromatic nitrogens is 2. The summed E-state index contributed by atoms with van der Waals surface area (Å²) in [6, 6.07) is 7.34. The minimum Gasteiger partial charge on any atom is -0.378 e. The van der Waals surface area contributed by atoms with E-state index in [1.165, 1.54) is 0 Å². The third-order valence-electron chi connectivity index (χ3n) is 2.06. The molecule has 0 unspecified atom stereocenters. The summed E-state index contributed by atoms with van der Waals surface area (Å²) in [4.78, 5) is 11.4. The summed E-state index contributed by atoms with van der Waals surface area (Å²) >= 11 is 0. The number of nitrogens with one attached hydrogen (secondary N) is 1. The van der Waals surface area contributed by atoms with E-state index in [0.717, 1.165) is 11.1 Å². The summed E-state index contributed by atoms with van der Waals surface area (Å²) in [5.74, 6) is 0. The van der Waals surface area contributed by atoms with E-state index >= 15 is 0 Å². The second-order valence-electron chi connectivity index (χ2n) is 2.98. The quantitative estimate of drug-likeness (QED) is 0.770. The number of hydrogen-bond donors (Lipinski definition) is 1. The molecule has 2 aromatic rings. The lowest BCUT2D eigenvalue weighted by Crippen LogP contribution is -2.11. The topological polar surface area (TPSA) is 55.0 Å². The van der Waals surface area contributed by atoms with Gasteiger partial charge in [-0.3, -0.25) is 4.79 Å². The van der Waals surface area contributed by atoms with Crippen molar-refractivity contribution in [1.82, 2.24) is 10.2 Å². The zero-order valence-corrected chi connectivity index (χ0v) is 7.78. The van der Waals surface area contributed by atoms with Crippen LogP contribution in [0.15, 0.2) is 29.1 Å². The molecule has 14 heavy (non-hydrogen) atoms. The molecule has 0 aliphatic heterocycles. The standard InChI is InChI=1S/C10H10N2O2/c1-14-6-9-7-4-2-3-5-8(7)10(13)12-11-9/h2-5H,6H2,1H3,(H,12,13). The number of fused-ring (bicyclic) bond motifs is 1. The van der Waals surface area contributed by atoms with Crippen molar-refractivity contribution < 1.29 is 4.74 Å². The van der Waals surface area contributed by atoms with Crippen molar-refractivity contribution in [2.45, 2.75) is 6.61 Å². The Bertz CT molecular complexity index is 505. The largest absolute Gasteiger partial charge is 0.378 e. The van der Waals surface area contributed by atoms with Gasteiger partial charge in [-0.05, 0) is 6.07 Å². The molecule has 1 aromatic carbocycles. The number of hydrogen-bond acceptors (Lipinski definition) is 3. The lowest BCUT2D eigenvalue weighted by Gasteiger charge is -2.02. The molecule has 2 rings (SSSR count). The van der Waals surface area contributed by atoms with Gasteiger partial charge in [0.1, 0.15) is 0 Å². The lowest BCUT2D eigenvalue weighted by molar-refractivity contribution is 0.182. The maximum absolute atomic E-state index is 11.4. The van der Waals surface area contributed by atoms with Gasteiger partial charge in [-0.15, -0.1) is 0 Å². The van der Waals surface area contributed by atoms with Crippen LogP contribution < -0.4 is 5.56 Å². The molecule has 0 spiro atoms. The molecule has 0 saturated carbocycles. The van der Waals surface area contributed by atoms with Crippen molar-refractivity contribution in [3.05, 3.63) is 40.3 Å². The summed E-state index contributed by atoms with van der Waals surface area (Å²) in [5.41, 5.74) is 0.586. The van der Waals surface area contributed by atoms with E-state index in [1.807, 2.05) is 18.2 Å². The fraction of sp³-hybridized carbons (Fsp3) is 0.200. The Morgan fingerprint density at radius 3 is 2.79 bits per heavy atom. The molecule has 1 heterocycles. The van der Waals surface area contributed by atoms with Crippen LogP contribution in [0.5, 0.6) is 0 Å². The van der Waals surface area contributed by atoms with Crippen LogP contribution in [0.25, 0.3) is 10.8 Å². The highest BCUT2D eigenvalue weighted by Crippen LogP contribution is 2.12. The van der Waals surface area contributed by atoms with E-state index in [1.54, 1.807) is 13.2 Å². The highest BCUT2D eigenvalue weighted by Gasteiger charge is 2.04. The van der Waals surface area contributed by atoms with Gasteiger partial charge in [-0.25, -0.2) is 5.10 Å². The molecule has 0 atom stereocenters. The predicted molar refractivity (Wildman–Crippen MR) is 53.1 cm³/mol. The number of ether oxygens (including phenoxy) is 1. The first-order valence-electron chi connectivity index (χ1n) is 4.28. The highest BCUT2D eigenvalue weighted by atomic mass is 16.5. The molecule has 0 bridgehead atoms. The second kappa shape index (κ2) is 3.59. The summed E-state index contributed by atoms with van der Waals surface area (Å²) in [7, 11) is 1.60. The maximum atomic E-state index is 11.4. The van der Waals surface area contributed by atoms with Crippen LogP contribution in [0.2, 0.25) is 0 Å². The SMILES string of the molecule is COCc1n[nH]c(=O)c2ccccc12. The zero-order chi connectivity index (χ0) is 9.97. The van der Waals surface area contributed by atoms with Gasteiger partial charge in [0.15, 0.2) is 0 Å². The normalized spacial score (nSPS) is 10.6. The van der Waals surface area contributed by atoms with Gasteiger partial charge in [0.05, 0.1) is 17.7 Å². The van der Waals surface area contributed by atoms with Crippen LogP contribution >= 0.6 is 0 Å². The fourth-order valence-corrected chi connectivity index (χ4v) is 1.42. The van der Waals surface area contributed by atoms with Crippen molar-refractivity contribution in [3.63, 3.8) is 0 Å². The Labute approximate surface area is 80.5 Å². The van der Waals surface area contributed by atoms with E-state index in [4.69, 9.17) is 4.74 Å². The van der Waals surface area contributed by atoms with E-state index in [0.29, 0.717) is 12.0 Å². The van der Waals surface area contributed by atoms with E-state index in [-0.39, 0.29) is 5.56 Å². The first-order chi connectivity index (χ1) is 6.83. The molecular formula is C10H10N2O2. The van der Waals surface area contributed by atoms with Gasteiger partial charge in [-0.2, -0.15) is 5.10 Å². The number of methoxy groups -OCH3 is 1. The van der Waals surface area contributed by atoms with Crippen molar-refractivity contribution in [2.75, 3.05) is 7.11 Å². The summed E-state index contributed by atoms with van der Waals surface area (Å²) in [5, 5.41) is 7.87. The van der Waals surface area contributed by atoms with Crippen molar-refractivity contribution in [1.29, 1.82) is 0 Å². The lowest BCUT2D eigenvalue weighted by atomic mass is 10.1. The summed E-state index contributed by atoms with van der Waals surface area (Å²) < 4.78 is 4.99. The Morgan fingerprint density at radius 1 is 1.36 bits per heavy atom. The molecule has 0 radical (unpaired) electrons. The Hall–Kier alpha value is -1.68.